The zero-order valence-corrected chi connectivity index (χ0v) is 11.7. The van der Waals surface area contributed by atoms with E-state index < -0.39 is 0 Å². The van der Waals surface area contributed by atoms with Crippen molar-refractivity contribution in [1.29, 1.82) is 0 Å². The van der Waals surface area contributed by atoms with Crippen molar-refractivity contribution < 1.29 is 14.6 Å². The van der Waals surface area contributed by atoms with Gasteiger partial charge in [0.15, 0.2) is 0 Å². The Morgan fingerprint density at radius 3 is 2.85 bits per heavy atom. The molecule has 20 heavy (non-hydrogen) atoms. The Bertz CT molecular complexity index is 536. The van der Waals surface area contributed by atoms with E-state index in [2.05, 4.69) is 11.8 Å². The van der Waals surface area contributed by atoms with Crippen LogP contribution in [0.2, 0.25) is 0 Å². The maximum atomic E-state index is 12.5. The quantitative estimate of drug-likeness (QED) is 0.824. The first-order valence-corrected chi connectivity index (χ1v) is 6.80. The number of nitrogens with zero attached hydrogens (tertiary/aromatic N) is 1. The molecule has 1 amide bonds. The number of morpholine rings is 1. The highest BCUT2D eigenvalue weighted by Crippen LogP contribution is 2.14. The first-order valence-electron chi connectivity index (χ1n) is 6.80. The molecule has 2 rings (SSSR count). The van der Waals surface area contributed by atoms with E-state index in [1.165, 1.54) is 0 Å². The normalized spacial score (nSPS) is 14.6. The van der Waals surface area contributed by atoms with Gasteiger partial charge in [-0.2, -0.15) is 0 Å². The van der Waals surface area contributed by atoms with Crippen LogP contribution >= 0.6 is 0 Å². The van der Waals surface area contributed by atoms with Gasteiger partial charge in [0.25, 0.3) is 5.91 Å². The average Bonchev–Trinajstić information content (AvgIpc) is 2.49. The van der Waals surface area contributed by atoms with Crippen LogP contribution in [-0.2, 0) is 4.74 Å². The first-order chi connectivity index (χ1) is 9.72. The summed E-state index contributed by atoms with van der Waals surface area (Å²) in [5, 5.41) is 8.73. The van der Waals surface area contributed by atoms with Gasteiger partial charge in [-0.15, -0.1) is 0 Å². The van der Waals surface area contributed by atoms with Gasteiger partial charge in [-0.25, -0.2) is 0 Å². The third-order valence-corrected chi connectivity index (χ3v) is 3.24. The monoisotopic (exact) mass is 273 g/mol. The van der Waals surface area contributed by atoms with Gasteiger partial charge in [-0.1, -0.05) is 17.9 Å². The lowest BCUT2D eigenvalue weighted by molar-refractivity contribution is 0.0302. The summed E-state index contributed by atoms with van der Waals surface area (Å²) in [4.78, 5) is 14.3. The van der Waals surface area contributed by atoms with Gasteiger partial charge in [0.2, 0.25) is 0 Å². The number of benzene rings is 1. The second-order valence-electron chi connectivity index (χ2n) is 4.71. The SMILES string of the molecule is Cc1ccc(C#CCCO)cc1C(=O)N1CCOCC1. The van der Waals surface area contributed by atoms with Crippen LogP contribution in [0.4, 0.5) is 0 Å². The largest absolute Gasteiger partial charge is 0.395 e. The molecular weight excluding hydrogens is 254 g/mol. The second-order valence-corrected chi connectivity index (χ2v) is 4.71. The highest BCUT2D eigenvalue weighted by atomic mass is 16.5. The Morgan fingerprint density at radius 1 is 1.40 bits per heavy atom. The molecule has 0 aliphatic carbocycles. The molecule has 1 aliphatic rings. The zero-order valence-electron chi connectivity index (χ0n) is 11.7. The van der Waals surface area contributed by atoms with E-state index in [4.69, 9.17) is 9.84 Å². The summed E-state index contributed by atoms with van der Waals surface area (Å²) in [5.41, 5.74) is 2.46. The summed E-state index contributed by atoms with van der Waals surface area (Å²) >= 11 is 0. The smallest absolute Gasteiger partial charge is 0.254 e. The molecule has 0 atom stereocenters. The van der Waals surface area contributed by atoms with Gasteiger partial charge < -0.3 is 14.7 Å². The summed E-state index contributed by atoms with van der Waals surface area (Å²) in [6.45, 7) is 4.45. The average molecular weight is 273 g/mol. The van der Waals surface area contributed by atoms with Crippen LogP contribution in [0.3, 0.4) is 0 Å². The fourth-order valence-corrected chi connectivity index (χ4v) is 2.09. The molecule has 4 nitrogen and oxygen atoms in total. The summed E-state index contributed by atoms with van der Waals surface area (Å²) in [5.74, 6) is 5.88. The first kappa shape index (κ1) is 14.6. The lowest BCUT2D eigenvalue weighted by Gasteiger charge is -2.27. The number of carbonyl (C=O) groups excluding carboxylic acids is 1. The van der Waals surface area contributed by atoms with Crippen molar-refractivity contribution in [3.63, 3.8) is 0 Å². The molecule has 106 valence electrons. The lowest BCUT2D eigenvalue weighted by atomic mass is 10.0. The third kappa shape index (κ3) is 3.60. The van der Waals surface area contributed by atoms with E-state index in [9.17, 15) is 4.79 Å². The van der Waals surface area contributed by atoms with Gasteiger partial charge in [0, 0.05) is 30.6 Å². The standard InChI is InChI=1S/C16H19NO3/c1-13-5-6-14(4-2-3-9-18)12-15(13)16(19)17-7-10-20-11-8-17/h5-6,12,18H,3,7-11H2,1H3. The van der Waals surface area contributed by atoms with Crippen molar-refractivity contribution in [1.82, 2.24) is 4.90 Å². The van der Waals surface area contributed by atoms with Crippen molar-refractivity contribution in [2.24, 2.45) is 0 Å². The number of aliphatic hydroxyl groups is 1. The fraction of sp³-hybridized carbons (Fsp3) is 0.438. The van der Waals surface area contributed by atoms with Gasteiger partial charge in [-0.3, -0.25) is 4.79 Å². The number of hydrogen-bond acceptors (Lipinski definition) is 3. The van der Waals surface area contributed by atoms with Crippen molar-refractivity contribution in [3.05, 3.63) is 34.9 Å². The number of carbonyl (C=O) groups is 1. The molecule has 4 heteroatoms. The third-order valence-electron chi connectivity index (χ3n) is 3.24. The van der Waals surface area contributed by atoms with Crippen molar-refractivity contribution in [3.8, 4) is 11.8 Å². The Labute approximate surface area is 119 Å². The Balaban J connectivity index is 2.19. The molecule has 0 radical (unpaired) electrons. The summed E-state index contributed by atoms with van der Waals surface area (Å²) < 4.78 is 5.27. The summed E-state index contributed by atoms with van der Waals surface area (Å²) in [7, 11) is 0. The van der Waals surface area contributed by atoms with E-state index in [1.54, 1.807) is 0 Å². The molecule has 0 spiro atoms. The molecule has 1 saturated heterocycles. The molecule has 1 aromatic rings. The number of aliphatic hydroxyl groups excluding tert-OH is 1. The van der Waals surface area contributed by atoms with Crippen LogP contribution in [0.1, 0.15) is 27.9 Å². The zero-order chi connectivity index (χ0) is 14.4. The minimum atomic E-state index is 0.0385. The molecular formula is C16H19NO3. The number of ether oxygens (including phenoxy) is 1. The number of amides is 1. The lowest BCUT2D eigenvalue weighted by Crippen LogP contribution is -2.40. The summed E-state index contributed by atoms with van der Waals surface area (Å²) in [6, 6.07) is 5.64. The van der Waals surface area contributed by atoms with Crippen LogP contribution < -0.4 is 0 Å². The summed E-state index contributed by atoms with van der Waals surface area (Å²) in [6.07, 6.45) is 0.445. The highest BCUT2D eigenvalue weighted by molar-refractivity contribution is 5.96. The number of aryl methyl sites for hydroxylation is 1. The Hall–Kier alpha value is -1.83. The van der Waals surface area contributed by atoms with Crippen LogP contribution in [-0.4, -0.2) is 48.8 Å². The Kier molecular flexibility index (Phi) is 5.16. The molecule has 0 bridgehead atoms. The molecule has 1 aromatic carbocycles. The number of rotatable bonds is 2. The van der Waals surface area contributed by atoms with Crippen LogP contribution in [0.25, 0.3) is 0 Å². The molecule has 1 N–H and O–H groups in total. The van der Waals surface area contributed by atoms with E-state index in [1.807, 2.05) is 30.0 Å². The molecule has 1 fully saturated rings. The fourth-order valence-electron chi connectivity index (χ4n) is 2.09. The van der Waals surface area contributed by atoms with Crippen molar-refractivity contribution in [2.45, 2.75) is 13.3 Å². The van der Waals surface area contributed by atoms with Gasteiger partial charge >= 0.3 is 0 Å². The van der Waals surface area contributed by atoms with Gasteiger partial charge in [-0.05, 0) is 24.6 Å². The van der Waals surface area contributed by atoms with E-state index >= 15 is 0 Å². The predicted octanol–water partition coefficient (Wildman–Crippen LogP) is 1.20. The van der Waals surface area contributed by atoms with E-state index in [-0.39, 0.29) is 12.5 Å². The van der Waals surface area contributed by atoms with E-state index in [0.717, 1.165) is 11.1 Å². The molecule has 1 aliphatic heterocycles. The minimum Gasteiger partial charge on any atom is -0.395 e. The maximum absolute atomic E-state index is 12.5. The minimum absolute atomic E-state index is 0.0385. The molecule has 0 saturated carbocycles. The van der Waals surface area contributed by atoms with Gasteiger partial charge in [0.1, 0.15) is 0 Å². The second kappa shape index (κ2) is 7.09. The molecule has 0 aromatic heterocycles. The predicted molar refractivity (Wildman–Crippen MR) is 76.5 cm³/mol. The topological polar surface area (TPSA) is 49.8 Å². The molecule has 0 unspecified atom stereocenters. The van der Waals surface area contributed by atoms with Crippen molar-refractivity contribution in [2.75, 3.05) is 32.9 Å². The molecule has 1 heterocycles. The van der Waals surface area contributed by atoms with E-state index in [0.29, 0.717) is 38.3 Å². The highest BCUT2D eigenvalue weighted by Gasteiger charge is 2.20. The number of hydrogen-bond donors (Lipinski definition) is 1. The Morgan fingerprint density at radius 2 is 2.15 bits per heavy atom. The van der Waals surface area contributed by atoms with Crippen molar-refractivity contribution >= 4 is 5.91 Å². The van der Waals surface area contributed by atoms with Crippen LogP contribution in [0.5, 0.6) is 0 Å². The van der Waals surface area contributed by atoms with Crippen LogP contribution in [0.15, 0.2) is 18.2 Å². The maximum Gasteiger partial charge on any atom is 0.254 e. The van der Waals surface area contributed by atoms with Gasteiger partial charge in [0.05, 0.1) is 19.8 Å². The van der Waals surface area contributed by atoms with Crippen LogP contribution in [0, 0.1) is 18.8 Å².